The highest BCUT2D eigenvalue weighted by Crippen LogP contribution is 2.29. The van der Waals surface area contributed by atoms with Crippen LogP contribution in [0.4, 0.5) is 5.69 Å². The topological polar surface area (TPSA) is 62.5 Å². The summed E-state index contributed by atoms with van der Waals surface area (Å²) in [6.45, 7) is 1.84. The standard InChI is InChI=1S/C13H11Cl2NO3/c1-7(11-4-5-12(19-11)13(17)18)16-10-6-8(14)2-3-9(10)15/h2-7,16H,1H3,(H,17,18). The third-order valence-electron chi connectivity index (χ3n) is 2.56. The predicted octanol–water partition coefficient (Wildman–Crippen LogP) is 4.46. The molecule has 0 aliphatic heterocycles. The molecule has 2 aromatic rings. The van der Waals surface area contributed by atoms with Crippen molar-refractivity contribution in [2.75, 3.05) is 5.32 Å². The van der Waals surface area contributed by atoms with Gasteiger partial charge in [-0.3, -0.25) is 0 Å². The van der Waals surface area contributed by atoms with Gasteiger partial charge in [0.1, 0.15) is 5.76 Å². The number of aromatic carboxylic acids is 1. The number of carboxylic acid groups (broad SMARTS) is 1. The summed E-state index contributed by atoms with van der Waals surface area (Å²) in [7, 11) is 0. The summed E-state index contributed by atoms with van der Waals surface area (Å²) in [6.07, 6.45) is 0. The molecule has 0 saturated heterocycles. The largest absolute Gasteiger partial charge is 0.475 e. The van der Waals surface area contributed by atoms with Crippen molar-refractivity contribution in [3.8, 4) is 0 Å². The number of carbonyl (C=O) groups is 1. The van der Waals surface area contributed by atoms with Gasteiger partial charge in [-0.05, 0) is 37.3 Å². The Hall–Kier alpha value is -1.65. The zero-order valence-corrected chi connectivity index (χ0v) is 11.5. The average Bonchev–Trinajstić information content (AvgIpc) is 2.83. The van der Waals surface area contributed by atoms with E-state index in [0.29, 0.717) is 21.5 Å². The van der Waals surface area contributed by atoms with E-state index in [9.17, 15) is 4.79 Å². The van der Waals surface area contributed by atoms with Gasteiger partial charge in [0.2, 0.25) is 5.76 Å². The maximum Gasteiger partial charge on any atom is 0.371 e. The summed E-state index contributed by atoms with van der Waals surface area (Å²) < 4.78 is 5.21. The molecule has 0 saturated carbocycles. The van der Waals surface area contributed by atoms with E-state index in [-0.39, 0.29) is 11.8 Å². The molecule has 0 fully saturated rings. The highest BCUT2D eigenvalue weighted by molar-refractivity contribution is 6.35. The molecule has 1 heterocycles. The van der Waals surface area contributed by atoms with E-state index in [4.69, 9.17) is 32.7 Å². The summed E-state index contributed by atoms with van der Waals surface area (Å²) in [5.74, 6) is -0.687. The number of carboxylic acids is 1. The van der Waals surface area contributed by atoms with Crippen LogP contribution in [0.1, 0.15) is 29.3 Å². The first-order valence-corrected chi connectivity index (χ1v) is 6.27. The Labute approximate surface area is 119 Å². The summed E-state index contributed by atoms with van der Waals surface area (Å²) >= 11 is 11.9. The van der Waals surface area contributed by atoms with Crippen molar-refractivity contribution in [1.82, 2.24) is 0 Å². The molecule has 19 heavy (non-hydrogen) atoms. The lowest BCUT2D eigenvalue weighted by molar-refractivity contribution is 0.0660. The van der Waals surface area contributed by atoms with Crippen LogP contribution < -0.4 is 5.32 Å². The first-order valence-electron chi connectivity index (χ1n) is 5.52. The number of halogens is 2. The molecule has 0 aliphatic rings. The molecule has 2 rings (SSSR count). The Kier molecular flexibility index (Phi) is 4.02. The van der Waals surface area contributed by atoms with Crippen LogP contribution in [-0.2, 0) is 0 Å². The van der Waals surface area contributed by atoms with Gasteiger partial charge in [0.05, 0.1) is 16.8 Å². The zero-order chi connectivity index (χ0) is 14.0. The Bertz CT molecular complexity index is 610. The molecule has 1 aromatic carbocycles. The fourth-order valence-electron chi connectivity index (χ4n) is 1.61. The molecule has 0 aliphatic carbocycles. The van der Waals surface area contributed by atoms with Crippen molar-refractivity contribution in [1.29, 1.82) is 0 Å². The summed E-state index contributed by atoms with van der Waals surface area (Å²) in [4.78, 5) is 10.7. The van der Waals surface area contributed by atoms with Gasteiger partial charge in [0.15, 0.2) is 0 Å². The quantitative estimate of drug-likeness (QED) is 0.875. The van der Waals surface area contributed by atoms with Gasteiger partial charge in [-0.15, -0.1) is 0 Å². The number of benzene rings is 1. The summed E-state index contributed by atoms with van der Waals surface area (Å²) in [6, 6.07) is 7.86. The molecule has 6 heteroatoms. The second kappa shape index (κ2) is 5.55. The molecule has 1 unspecified atom stereocenters. The van der Waals surface area contributed by atoms with Crippen LogP contribution in [0.25, 0.3) is 0 Å². The normalized spacial score (nSPS) is 12.2. The van der Waals surface area contributed by atoms with Crippen molar-refractivity contribution in [2.24, 2.45) is 0 Å². The number of furan rings is 1. The van der Waals surface area contributed by atoms with Gasteiger partial charge in [-0.2, -0.15) is 0 Å². The Morgan fingerprint density at radius 1 is 1.32 bits per heavy atom. The Morgan fingerprint density at radius 3 is 2.68 bits per heavy atom. The van der Waals surface area contributed by atoms with E-state index < -0.39 is 5.97 Å². The van der Waals surface area contributed by atoms with Gasteiger partial charge in [-0.25, -0.2) is 4.79 Å². The van der Waals surface area contributed by atoms with Crippen LogP contribution in [0.2, 0.25) is 10.0 Å². The van der Waals surface area contributed by atoms with E-state index in [1.165, 1.54) is 6.07 Å². The zero-order valence-electron chi connectivity index (χ0n) is 9.98. The van der Waals surface area contributed by atoms with Crippen molar-refractivity contribution in [2.45, 2.75) is 13.0 Å². The van der Waals surface area contributed by atoms with Crippen LogP contribution >= 0.6 is 23.2 Å². The van der Waals surface area contributed by atoms with Crippen LogP contribution in [0, 0.1) is 0 Å². The van der Waals surface area contributed by atoms with Crippen LogP contribution in [-0.4, -0.2) is 11.1 Å². The highest BCUT2D eigenvalue weighted by Gasteiger charge is 2.15. The van der Waals surface area contributed by atoms with Crippen molar-refractivity contribution in [3.05, 3.63) is 51.9 Å². The second-order valence-corrected chi connectivity index (χ2v) is 4.84. The van der Waals surface area contributed by atoms with Gasteiger partial charge in [-0.1, -0.05) is 23.2 Å². The average molecular weight is 300 g/mol. The number of rotatable bonds is 4. The molecular formula is C13H11Cl2NO3. The molecule has 0 radical (unpaired) electrons. The third kappa shape index (κ3) is 3.22. The van der Waals surface area contributed by atoms with Crippen molar-refractivity contribution >= 4 is 34.9 Å². The molecule has 100 valence electrons. The van der Waals surface area contributed by atoms with E-state index in [1.54, 1.807) is 24.3 Å². The van der Waals surface area contributed by atoms with Crippen LogP contribution in [0.3, 0.4) is 0 Å². The third-order valence-corrected chi connectivity index (χ3v) is 3.13. The first kappa shape index (κ1) is 13.8. The smallest absolute Gasteiger partial charge is 0.371 e. The predicted molar refractivity (Wildman–Crippen MR) is 74.2 cm³/mol. The Morgan fingerprint density at radius 2 is 2.05 bits per heavy atom. The van der Waals surface area contributed by atoms with E-state index in [0.717, 1.165) is 0 Å². The minimum Gasteiger partial charge on any atom is -0.475 e. The molecule has 0 bridgehead atoms. The van der Waals surface area contributed by atoms with Gasteiger partial charge < -0.3 is 14.8 Å². The monoisotopic (exact) mass is 299 g/mol. The fraction of sp³-hybridized carbons (Fsp3) is 0.154. The molecule has 2 N–H and O–H groups in total. The highest BCUT2D eigenvalue weighted by atomic mass is 35.5. The second-order valence-electron chi connectivity index (χ2n) is 4.00. The molecule has 4 nitrogen and oxygen atoms in total. The SMILES string of the molecule is CC(Nc1cc(Cl)ccc1Cl)c1ccc(C(=O)O)o1. The molecule has 0 spiro atoms. The van der Waals surface area contributed by atoms with E-state index in [1.807, 2.05) is 6.92 Å². The molecule has 1 aromatic heterocycles. The molecule has 1 atom stereocenters. The minimum absolute atomic E-state index is 0.0964. The van der Waals surface area contributed by atoms with Crippen molar-refractivity contribution in [3.63, 3.8) is 0 Å². The maximum absolute atomic E-state index is 10.7. The fourth-order valence-corrected chi connectivity index (χ4v) is 1.96. The Balaban J connectivity index is 2.17. The summed E-state index contributed by atoms with van der Waals surface area (Å²) in [5.41, 5.74) is 0.662. The molecular weight excluding hydrogens is 289 g/mol. The van der Waals surface area contributed by atoms with Crippen molar-refractivity contribution < 1.29 is 14.3 Å². The maximum atomic E-state index is 10.7. The number of hydrogen-bond acceptors (Lipinski definition) is 3. The molecule has 0 amide bonds. The van der Waals surface area contributed by atoms with E-state index >= 15 is 0 Å². The lowest BCUT2D eigenvalue weighted by Crippen LogP contribution is -2.06. The van der Waals surface area contributed by atoms with Crippen LogP contribution in [0.15, 0.2) is 34.7 Å². The van der Waals surface area contributed by atoms with Gasteiger partial charge >= 0.3 is 5.97 Å². The minimum atomic E-state index is -1.10. The van der Waals surface area contributed by atoms with Gasteiger partial charge in [0.25, 0.3) is 0 Å². The number of anilines is 1. The van der Waals surface area contributed by atoms with Crippen LogP contribution in [0.5, 0.6) is 0 Å². The lowest BCUT2D eigenvalue weighted by Gasteiger charge is -2.14. The van der Waals surface area contributed by atoms with Gasteiger partial charge in [0, 0.05) is 5.02 Å². The lowest BCUT2D eigenvalue weighted by atomic mass is 10.2. The number of hydrogen-bond donors (Lipinski definition) is 2. The summed E-state index contributed by atoms with van der Waals surface area (Å²) in [5, 5.41) is 13.0. The first-order chi connectivity index (χ1) is 8.97. The number of nitrogens with one attached hydrogen (secondary N) is 1. The van der Waals surface area contributed by atoms with E-state index in [2.05, 4.69) is 5.32 Å².